The molecule has 4 aromatic rings. The zero-order valence-corrected chi connectivity index (χ0v) is 10.9. The van der Waals surface area contributed by atoms with Gasteiger partial charge in [0.25, 0.3) is 5.56 Å². The molecule has 6 nitrogen and oxygen atoms in total. The van der Waals surface area contributed by atoms with Crippen molar-refractivity contribution in [3.8, 4) is 11.1 Å². The molecule has 0 fully saturated rings. The summed E-state index contributed by atoms with van der Waals surface area (Å²) in [5.41, 5.74) is 9.31. The number of anilines is 1. The van der Waals surface area contributed by atoms with Gasteiger partial charge in [0.2, 0.25) is 5.95 Å². The molecule has 0 aliphatic carbocycles. The summed E-state index contributed by atoms with van der Waals surface area (Å²) in [5, 5.41) is 0.486. The van der Waals surface area contributed by atoms with Gasteiger partial charge in [-0.2, -0.15) is 0 Å². The molecule has 0 spiro atoms. The first kappa shape index (κ1) is 11.7. The number of nitrogens with one attached hydrogen (secondary N) is 2. The Labute approximate surface area is 118 Å². The van der Waals surface area contributed by atoms with Crippen LogP contribution in [0.1, 0.15) is 0 Å². The van der Waals surface area contributed by atoms with E-state index < -0.39 is 0 Å². The third kappa shape index (κ3) is 1.69. The number of hydrogen-bond donors (Lipinski definition) is 3. The molecule has 0 unspecified atom stereocenters. The summed E-state index contributed by atoms with van der Waals surface area (Å²) in [6.45, 7) is 0. The highest BCUT2D eigenvalue weighted by molar-refractivity contribution is 6.08. The Balaban J connectivity index is 2.28. The summed E-state index contributed by atoms with van der Waals surface area (Å²) < 4.78 is 0. The van der Waals surface area contributed by atoms with Gasteiger partial charge in [0.1, 0.15) is 0 Å². The second-order valence-corrected chi connectivity index (χ2v) is 4.76. The van der Waals surface area contributed by atoms with Gasteiger partial charge in [-0.1, -0.05) is 30.3 Å². The number of aromatic amines is 2. The molecule has 4 rings (SSSR count). The SMILES string of the molecule is Nc1nc2c(-c3ccccc3)c3nc[nH]c3cc2c(=O)[nH]1. The Morgan fingerprint density at radius 3 is 2.71 bits per heavy atom. The Morgan fingerprint density at radius 2 is 1.90 bits per heavy atom. The van der Waals surface area contributed by atoms with E-state index in [1.807, 2.05) is 30.3 Å². The fraction of sp³-hybridized carbons (Fsp3) is 0. The highest BCUT2D eigenvalue weighted by Crippen LogP contribution is 2.32. The average molecular weight is 277 g/mol. The summed E-state index contributed by atoms with van der Waals surface area (Å²) in [6, 6.07) is 11.5. The van der Waals surface area contributed by atoms with Gasteiger partial charge in [0.05, 0.1) is 28.3 Å². The predicted molar refractivity (Wildman–Crippen MR) is 81.9 cm³/mol. The molecule has 0 atom stereocenters. The molecular weight excluding hydrogens is 266 g/mol. The van der Waals surface area contributed by atoms with Gasteiger partial charge in [-0.3, -0.25) is 9.78 Å². The monoisotopic (exact) mass is 277 g/mol. The average Bonchev–Trinajstić information content (AvgIpc) is 2.94. The normalized spacial score (nSPS) is 11.2. The fourth-order valence-electron chi connectivity index (χ4n) is 2.57. The van der Waals surface area contributed by atoms with Crippen molar-refractivity contribution < 1.29 is 0 Å². The summed E-state index contributed by atoms with van der Waals surface area (Å²) >= 11 is 0. The van der Waals surface area contributed by atoms with Gasteiger partial charge in [-0.05, 0) is 11.6 Å². The van der Waals surface area contributed by atoms with Crippen LogP contribution in [0.25, 0.3) is 33.1 Å². The van der Waals surface area contributed by atoms with Gasteiger partial charge < -0.3 is 10.7 Å². The highest BCUT2D eigenvalue weighted by atomic mass is 16.1. The maximum Gasteiger partial charge on any atom is 0.260 e. The van der Waals surface area contributed by atoms with Gasteiger partial charge in [-0.25, -0.2) is 9.97 Å². The minimum atomic E-state index is -0.258. The molecule has 0 saturated heterocycles. The lowest BCUT2D eigenvalue weighted by molar-refractivity contribution is 1.19. The smallest absolute Gasteiger partial charge is 0.260 e. The summed E-state index contributed by atoms with van der Waals surface area (Å²) in [5.74, 6) is 0.0968. The van der Waals surface area contributed by atoms with E-state index in [2.05, 4.69) is 19.9 Å². The molecule has 4 N–H and O–H groups in total. The van der Waals surface area contributed by atoms with Crippen LogP contribution >= 0.6 is 0 Å². The molecule has 0 aliphatic rings. The van der Waals surface area contributed by atoms with E-state index in [0.717, 1.165) is 22.2 Å². The van der Waals surface area contributed by atoms with Gasteiger partial charge in [0, 0.05) is 5.56 Å². The van der Waals surface area contributed by atoms with Crippen molar-refractivity contribution in [3.63, 3.8) is 0 Å². The lowest BCUT2D eigenvalue weighted by atomic mass is 10.0. The van der Waals surface area contributed by atoms with Crippen molar-refractivity contribution in [1.29, 1.82) is 0 Å². The Morgan fingerprint density at radius 1 is 1.10 bits per heavy atom. The molecule has 0 saturated carbocycles. The lowest BCUT2D eigenvalue weighted by Gasteiger charge is -2.07. The van der Waals surface area contributed by atoms with Crippen LogP contribution in [0, 0.1) is 0 Å². The number of benzene rings is 2. The van der Waals surface area contributed by atoms with E-state index in [1.165, 1.54) is 0 Å². The molecule has 2 aromatic heterocycles. The van der Waals surface area contributed by atoms with Crippen LogP contribution in [0.15, 0.2) is 47.5 Å². The number of H-pyrrole nitrogens is 2. The van der Waals surface area contributed by atoms with Crippen molar-refractivity contribution in [2.45, 2.75) is 0 Å². The standard InChI is InChI=1S/C15H11N5O/c16-15-19-12-9(14(21)20-15)6-10-13(18-7-17-10)11(12)8-4-2-1-3-5-8/h1-7H,(H,17,18)(H3,16,19,20,21). The third-order valence-corrected chi connectivity index (χ3v) is 3.47. The van der Waals surface area contributed by atoms with Crippen molar-refractivity contribution in [2.75, 3.05) is 5.73 Å². The molecule has 0 bridgehead atoms. The van der Waals surface area contributed by atoms with E-state index >= 15 is 0 Å². The molecule has 21 heavy (non-hydrogen) atoms. The van der Waals surface area contributed by atoms with E-state index in [9.17, 15) is 4.79 Å². The van der Waals surface area contributed by atoms with E-state index in [0.29, 0.717) is 10.9 Å². The molecule has 6 heteroatoms. The summed E-state index contributed by atoms with van der Waals surface area (Å²) in [4.78, 5) is 26.4. The fourth-order valence-corrected chi connectivity index (χ4v) is 2.57. The largest absolute Gasteiger partial charge is 0.369 e. The van der Waals surface area contributed by atoms with Crippen LogP contribution in [0.3, 0.4) is 0 Å². The first-order valence-electron chi connectivity index (χ1n) is 6.45. The van der Waals surface area contributed by atoms with Crippen molar-refractivity contribution in [2.24, 2.45) is 0 Å². The van der Waals surface area contributed by atoms with Crippen LogP contribution in [-0.4, -0.2) is 19.9 Å². The second kappa shape index (κ2) is 4.17. The van der Waals surface area contributed by atoms with Crippen LogP contribution in [-0.2, 0) is 0 Å². The van der Waals surface area contributed by atoms with Crippen molar-refractivity contribution in [3.05, 3.63) is 53.1 Å². The Hall–Kier alpha value is -3.15. The molecule has 2 heterocycles. The number of nitrogens with two attached hydrogens (primary N) is 1. The minimum Gasteiger partial charge on any atom is -0.369 e. The molecule has 0 radical (unpaired) electrons. The maximum atomic E-state index is 12.1. The maximum absolute atomic E-state index is 12.1. The first-order valence-corrected chi connectivity index (χ1v) is 6.45. The van der Waals surface area contributed by atoms with E-state index in [1.54, 1.807) is 12.4 Å². The Bertz CT molecular complexity index is 1020. The van der Waals surface area contributed by atoms with E-state index in [-0.39, 0.29) is 11.5 Å². The second-order valence-electron chi connectivity index (χ2n) is 4.76. The highest BCUT2D eigenvalue weighted by Gasteiger charge is 2.15. The number of nitrogen functional groups attached to an aromatic ring is 1. The zero-order chi connectivity index (χ0) is 14.4. The number of fused-ring (bicyclic) bond motifs is 2. The quantitative estimate of drug-likeness (QED) is 0.495. The van der Waals surface area contributed by atoms with Crippen LogP contribution < -0.4 is 11.3 Å². The molecular formula is C15H11N5O. The molecule has 102 valence electrons. The molecule has 0 aliphatic heterocycles. The van der Waals surface area contributed by atoms with E-state index in [4.69, 9.17) is 5.73 Å². The first-order chi connectivity index (χ1) is 10.2. The number of rotatable bonds is 1. The van der Waals surface area contributed by atoms with Gasteiger partial charge in [0.15, 0.2) is 0 Å². The number of aromatic nitrogens is 4. The summed E-state index contributed by atoms with van der Waals surface area (Å²) in [6.07, 6.45) is 1.60. The van der Waals surface area contributed by atoms with Crippen LogP contribution in [0.2, 0.25) is 0 Å². The predicted octanol–water partition coefficient (Wildman–Crippen LogP) is 2.05. The number of imidazole rings is 1. The molecule has 2 aromatic carbocycles. The molecule has 0 amide bonds. The van der Waals surface area contributed by atoms with Crippen LogP contribution in [0.5, 0.6) is 0 Å². The van der Waals surface area contributed by atoms with Gasteiger partial charge in [-0.15, -0.1) is 0 Å². The zero-order valence-electron chi connectivity index (χ0n) is 10.9. The number of hydrogen-bond acceptors (Lipinski definition) is 4. The lowest BCUT2D eigenvalue weighted by Crippen LogP contribution is -2.11. The number of nitrogens with zero attached hydrogens (tertiary/aromatic N) is 2. The summed E-state index contributed by atoms with van der Waals surface area (Å²) in [7, 11) is 0. The Kier molecular flexibility index (Phi) is 2.32. The van der Waals surface area contributed by atoms with Crippen LogP contribution in [0.4, 0.5) is 5.95 Å². The van der Waals surface area contributed by atoms with Crippen molar-refractivity contribution >= 4 is 27.9 Å². The topological polar surface area (TPSA) is 100 Å². The third-order valence-electron chi connectivity index (χ3n) is 3.47. The van der Waals surface area contributed by atoms with Crippen molar-refractivity contribution in [1.82, 2.24) is 19.9 Å². The minimum absolute atomic E-state index is 0.0968. The van der Waals surface area contributed by atoms with Gasteiger partial charge >= 0.3 is 0 Å².